The summed E-state index contributed by atoms with van der Waals surface area (Å²) in [5.74, 6) is -0.339. The van der Waals surface area contributed by atoms with Crippen LogP contribution in [0.2, 0.25) is 0 Å². The van der Waals surface area contributed by atoms with Gasteiger partial charge in [0, 0.05) is 32.1 Å². The Morgan fingerprint density at radius 3 is 2.86 bits per heavy atom. The van der Waals surface area contributed by atoms with E-state index in [-0.39, 0.29) is 24.3 Å². The van der Waals surface area contributed by atoms with Gasteiger partial charge >= 0.3 is 0 Å². The summed E-state index contributed by atoms with van der Waals surface area (Å²) in [7, 11) is -0.329. The number of nitrogens with zero attached hydrogens (tertiary/aromatic N) is 1. The lowest BCUT2D eigenvalue weighted by Crippen LogP contribution is -2.33. The molecule has 1 fully saturated rings. The van der Waals surface area contributed by atoms with Gasteiger partial charge in [-0.1, -0.05) is 0 Å². The third-order valence-electron chi connectivity index (χ3n) is 3.30. The number of sulfonamides is 1. The molecule has 1 N–H and O–H groups in total. The number of rotatable bonds is 6. The average molecular weight is 332 g/mol. The number of carbonyl (C=O) groups is 1. The van der Waals surface area contributed by atoms with Gasteiger partial charge in [-0.2, -0.15) is 0 Å². The molecular formula is C13H20N2O4S2. The Labute approximate surface area is 129 Å². The van der Waals surface area contributed by atoms with E-state index in [0.29, 0.717) is 4.88 Å². The number of amides is 1. The molecule has 1 saturated heterocycles. The Morgan fingerprint density at radius 1 is 1.48 bits per heavy atom. The molecule has 2 heterocycles. The Balaban J connectivity index is 1.86. The molecule has 1 aliphatic rings. The van der Waals surface area contributed by atoms with Crippen LogP contribution in [0.15, 0.2) is 12.1 Å². The third kappa shape index (κ3) is 4.26. The van der Waals surface area contributed by atoms with Crippen LogP contribution in [0.4, 0.5) is 0 Å². The zero-order chi connectivity index (χ0) is 15.5. The van der Waals surface area contributed by atoms with Crippen molar-refractivity contribution < 1.29 is 17.9 Å². The first-order chi connectivity index (χ1) is 9.90. The number of nitrogens with one attached hydrogen (secondary N) is 1. The Hall–Kier alpha value is -0.960. The van der Waals surface area contributed by atoms with Gasteiger partial charge in [-0.25, -0.2) is 12.7 Å². The minimum Gasteiger partial charge on any atom is -0.373 e. The van der Waals surface area contributed by atoms with Crippen molar-refractivity contribution in [2.45, 2.75) is 18.9 Å². The van der Waals surface area contributed by atoms with Crippen molar-refractivity contribution in [3.05, 3.63) is 21.9 Å². The second-order valence-electron chi connectivity index (χ2n) is 5.06. The summed E-state index contributed by atoms with van der Waals surface area (Å²) in [6.07, 6.45) is 2.14. The Morgan fingerprint density at radius 2 is 2.24 bits per heavy atom. The molecule has 0 aromatic carbocycles. The van der Waals surface area contributed by atoms with E-state index in [2.05, 4.69) is 5.32 Å². The van der Waals surface area contributed by atoms with Gasteiger partial charge < -0.3 is 10.1 Å². The highest BCUT2D eigenvalue weighted by molar-refractivity contribution is 7.89. The predicted molar refractivity (Wildman–Crippen MR) is 82.1 cm³/mol. The van der Waals surface area contributed by atoms with Gasteiger partial charge in [0.25, 0.3) is 5.91 Å². The number of hydrogen-bond donors (Lipinski definition) is 1. The van der Waals surface area contributed by atoms with Crippen LogP contribution in [-0.4, -0.2) is 51.6 Å². The maximum absolute atomic E-state index is 12.0. The van der Waals surface area contributed by atoms with Crippen molar-refractivity contribution >= 4 is 27.3 Å². The predicted octanol–water partition coefficient (Wildman–Crippen LogP) is 1.22. The minimum atomic E-state index is -3.28. The van der Waals surface area contributed by atoms with Crippen molar-refractivity contribution in [2.75, 3.05) is 33.0 Å². The molecule has 6 nitrogen and oxygen atoms in total. The quantitative estimate of drug-likeness (QED) is 0.850. The number of ether oxygens (including phenoxy) is 1. The number of carbonyl (C=O) groups excluding carboxylic acids is 1. The molecule has 1 aliphatic heterocycles. The lowest BCUT2D eigenvalue weighted by molar-refractivity contribution is 0.0960. The summed E-state index contributed by atoms with van der Waals surface area (Å²) >= 11 is 1.41. The normalized spacial score (nSPS) is 19.1. The fourth-order valence-electron chi connectivity index (χ4n) is 2.01. The van der Waals surface area contributed by atoms with Gasteiger partial charge in [-0.3, -0.25) is 4.79 Å². The van der Waals surface area contributed by atoms with E-state index in [4.69, 9.17) is 4.74 Å². The number of thiophene rings is 1. The summed E-state index contributed by atoms with van der Waals surface area (Å²) < 4.78 is 29.9. The number of hydrogen-bond acceptors (Lipinski definition) is 5. The van der Waals surface area contributed by atoms with Crippen LogP contribution in [0.25, 0.3) is 0 Å². The maximum Gasteiger partial charge on any atom is 0.261 e. The van der Waals surface area contributed by atoms with E-state index in [9.17, 15) is 13.2 Å². The largest absolute Gasteiger partial charge is 0.373 e. The standard InChI is InChI=1S/C13H20N2O4S2/c1-15(2)21(17,18)9-7-14-13(16)12-6-5-11(20-12)10-4-3-8-19-10/h5-6,10H,3-4,7-9H2,1-2H3,(H,14,16)/t10-/m0/s1. The van der Waals surface area contributed by atoms with Crippen LogP contribution in [0.3, 0.4) is 0 Å². The lowest BCUT2D eigenvalue weighted by Gasteiger charge is -2.11. The second kappa shape index (κ2) is 6.87. The molecule has 1 aromatic heterocycles. The minimum absolute atomic E-state index is 0.101. The van der Waals surface area contributed by atoms with Crippen LogP contribution in [-0.2, 0) is 14.8 Å². The molecule has 1 atom stereocenters. The first kappa shape index (κ1) is 16.4. The van der Waals surface area contributed by atoms with Crippen molar-refractivity contribution in [1.29, 1.82) is 0 Å². The smallest absolute Gasteiger partial charge is 0.261 e. The van der Waals surface area contributed by atoms with E-state index in [1.54, 1.807) is 6.07 Å². The molecule has 8 heteroatoms. The van der Waals surface area contributed by atoms with Gasteiger partial charge in [-0.05, 0) is 25.0 Å². The van der Waals surface area contributed by atoms with Crippen molar-refractivity contribution in [3.8, 4) is 0 Å². The zero-order valence-corrected chi connectivity index (χ0v) is 13.8. The molecule has 1 amide bonds. The van der Waals surface area contributed by atoms with Crippen LogP contribution in [0.5, 0.6) is 0 Å². The fraction of sp³-hybridized carbons (Fsp3) is 0.615. The Bertz CT molecular complexity index is 589. The third-order valence-corrected chi connectivity index (χ3v) is 6.31. The molecule has 118 valence electrons. The summed E-state index contributed by atoms with van der Waals surface area (Å²) in [5, 5.41) is 2.64. The second-order valence-corrected chi connectivity index (χ2v) is 8.48. The molecule has 0 spiro atoms. The molecule has 0 unspecified atom stereocenters. The van der Waals surface area contributed by atoms with Crippen molar-refractivity contribution in [1.82, 2.24) is 9.62 Å². The molecule has 0 radical (unpaired) electrons. The summed E-state index contributed by atoms with van der Waals surface area (Å²) in [4.78, 5) is 13.6. The molecule has 2 rings (SSSR count). The zero-order valence-electron chi connectivity index (χ0n) is 12.2. The van der Waals surface area contributed by atoms with Crippen LogP contribution >= 0.6 is 11.3 Å². The molecule has 0 bridgehead atoms. The molecule has 0 saturated carbocycles. The van der Waals surface area contributed by atoms with Gasteiger partial charge in [0.2, 0.25) is 10.0 Å². The van der Waals surface area contributed by atoms with Gasteiger partial charge in [0.05, 0.1) is 16.7 Å². The van der Waals surface area contributed by atoms with E-state index < -0.39 is 10.0 Å². The van der Waals surface area contributed by atoms with E-state index in [1.165, 1.54) is 25.4 Å². The van der Waals surface area contributed by atoms with E-state index in [1.807, 2.05) is 6.07 Å². The van der Waals surface area contributed by atoms with Gasteiger partial charge in [0.15, 0.2) is 0 Å². The summed E-state index contributed by atoms with van der Waals surface area (Å²) in [5.41, 5.74) is 0. The highest BCUT2D eigenvalue weighted by Crippen LogP contribution is 2.33. The highest BCUT2D eigenvalue weighted by Gasteiger charge is 2.21. The van der Waals surface area contributed by atoms with Crippen LogP contribution < -0.4 is 5.32 Å². The van der Waals surface area contributed by atoms with Crippen LogP contribution in [0, 0.1) is 0 Å². The van der Waals surface area contributed by atoms with Crippen molar-refractivity contribution in [3.63, 3.8) is 0 Å². The SMILES string of the molecule is CN(C)S(=O)(=O)CCNC(=O)c1ccc([C@@H]2CCCO2)s1. The molecule has 0 aliphatic carbocycles. The van der Waals surface area contributed by atoms with E-state index >= 15 is 0 Å². The highest BCUT2D eigenvalue weighted by atomic mass is 32.2. The van der Waals surface area contributed by atoms with Crippen molar-refractivity contribution in [2.24, 2.45) is 0 Å². The summed E-state index contributed by atoms with van der Waals surface area (Å²) in [6.45, 7) is 0.874. The monoisotopic (exact) mass is 332 g/mol. The fourth-order valence-corrected chi connectivity index (χ4v) is 3.75. The van der Waals surface area contributed by atoms with Crippen LogP contribution in [0.1, 0.15) is 33.5 Å². The van der Waals surface area contributed by atoms with Gasteiger partial charge in [0.1, 0.15) is 0 Å². The topological polar surface area (TPSA) is 75.7 Å². The maximum atomic E-state index is 12.0. The van der Waals surface area contributed by atoms with Gasteiger partial charge in [-0.15, -0.1) is 11.3 Å². The average Bonchev–Trinajstić information content (AvgIpc) is 3.09. The summed E-state index contributed by atoms with van der Waals surface area (Å²) in [6, 6.07) is 3.67. The first-order valence-corrected chi connectivity index (χ1v) is 9.22. The Kier molecular flexibility index (Phi) is 5.37. The molecule has 1 aromatic rings. The lowest BCUT2D eigenvalue weighted by atomic mass is 10.2. The van der Waals surface area contributed by atoms with E-state index in [0.717, 1.165) is 28.6 Å². The molecule has 21 heavy (non-hydrogen) atoms. The molecular weight excluding hydrogens is 312 g/mol. The first-order valence-electron chi connectivity index (χ1n) is 6.80.